The highest BCUT2D eigenvalue weighted by Crippen LogP contribution is 2.15. The fraction of sp³-hybridized carbons (Fsp3) is 0.188. The summed E-state index contributed by atoms with van der Waals surface area (Å²) in [4.78, 5) is 11.8. The smallest absolute Gasteiger partial charge is 0.251 e. The molecule has 0 heterocycles. The second-order valence-electron chi connectivity index (χ2n) is 4.61. The Morgan fingerprint density at radius 1 is 1.14 bits per heavy atom. The Morgan fingerprint density at radius 2 is 1.81 bits per heavy atom. The molecule has 0 saturated carbocycles. The lowest BCUT2D eigenvalue weighted by atomic mass is 10.1. The minimum Gasteiger partial charge on any atom is -0.392 e. The molecule has 0 bridgehead atoms. The van der Waals surface area contributed by atoms with Crippen molar-refractivity contribution < 1.29 is 14.3 Å². The standard InChI is InChI=1S/C16H15ClFNO2/c17-14-6-5-13(9-15(14)18)16(21)19-8-7-11-1-3-12(10-20)4-2-11/h1-6,9,20H,7-8,10H2,(H,19,21). The van der Waals surface area contributed by atoms with E-state index in [9.17, 15) is 9.18 Å². The lowest BCUT2D eigenvalue weighted by molar-refractivity contribution is 0.0953. The monoisotopic (exact) mass is 307 g/mol. The van der Waals surface area contributed by atoms with Gasteiger partial charge >= 0.3 is 0 Å². The molecule has 110 valence electrons. The van der Waals surface area contributed by atoms with E-state index in [2.05, 4.69) is 5.32 Å². The van der Waals surface area contributed by atoms with Crippen LogP contribution in [0.3, 0.4) is 0 Å². The summed E-state index contributed by atoms with van der Waals surface area (Å²) in [5.74, 6) is -0.943. The molecule has 2 aromatic rings. The first-order valence-electron chi connectivity index (χ1n) is 6.52. The van der Waals surface area contributed by atoms with Crippen molar-refractivity contribution in [2.24, 2.45) is 0 Å². The van der Waals surface area contributed by atoms with E-state index in [1.54, 1.807) is 0 Å². The molecule has 3 nitrogen and oxygen atoms in total. The van der Waals surface area contributed by atoms with E-state index in [4.69, 9.17) is 16.7 Å². The molecule has 0 aromatic heterocycles. The Hall–Kier alpha value is -1.91. The summed E-state index contributed by atoms with van der Waals surface area (Å²) in [6.45, 7) is 0.459. The lowest BCUT2D eigenvalue weighted by Crippen LogP contribution is -2.25. The Morgan fingerprint density at radius 3 is 2.43 bits per heavy atom. The number of amides is 1. The van der Waals surface area contributed by atoms with Crippen LogP contribution in [0.15, 0.2) is 42.5 Å². The normalized spacial score (nSPS) is 10.4. The fourth-order valence-corrected chi connectivity index (χ4v) is 1.99. The number of hydrogen-bond acceptors (Lipinski definition) is 2. The zero-order valence-corrected chi connectivity index (χ0v) is 12.0. The molecule has 5 heteroatoms. The van der Waals surface area contributed by atoms with Crippen molar-refractivity contribution in [1.29, 1.82) is 0 Å². The van der Waals surface area contributed by atoms with E-state index in [-0.39, 0.29) is 23.1 Å². The van der Waals surface area contributed by atoms with Gasteiger partial charge in [0.25, 0.3) is 5.91 Å². The number of carbonyl (C=O) groups is 1. The third kappa shape index (κ3) is 4.28. The molecule has 0 unspecified atom stereocenters. The van der Waals surface area contributed by atoms with Crippen molar-refractivity contribution in [1.82, 2.24) is 5.32 Å². The molecule has 0 aliphatic carbocycles. The SMILES string of the molecule is O=C(NCCc1ccc(CO)cc1)c1ccc(Cl)c(F)c1. The zero-order valence-electron chi connectivity index (χ0n) is 11.3. The summed E-state index contributed by atoms with van der Waals surface area (Å²) >= 11 is 5.57. The van der Waals surface area contributed by atoms with E-state index in [1.165, 1.54) is 12.1 Å². The maximum atomic E-state index is 13.3. The topological polar surface area (TPSA) is 49.3 Å². The Kier molecular flexibility index (Phi) is 5.31. The van der Waals surface area contributed by atoms with Gasteiger partial charge in [-0.05, 0) is 35.7 Å². The first kappa shape index (κ1) is 15.5. The summed E-state index contributed by atoms with van der Waals surface area (Å²) in [5, 5.41) is 11.7. The van der Waals surface area contributed by atoms with Crippen LogP contribution in [0.2, 0.25) is 5.02 Å². The largest absolute Gasteiger partial charge is 0.392 e. The molecule has 0 radical (unpaired) electrons. The molecule has 0 atom stereocenters. The van der Waals surface area contributed by atoms with E-state index in [0.29, 0.717) is 13.0 Å². The van der Waals surface area contributed by atoms with Gasteiger partial charge < -0.3 is 10.4 Å². The molecule has 0 aliphatic heterocycles. The van der Waals surface area contributed by atoms with Gasteiger partial charge in [-0.1, -0.05) is 35.9 Å². The predicted octanol–water partition coefficient (Wildman–Crippen LogP) is 2.94. The molecule has 0 fully saturated rings. The van der Waals surface area contributed by atoms with Crippen molar-refractivity contribution in [2.45, 2.75) is 13.0 Å². The molecule has 0 saturated heterocycles. The number of carbonyl (C=O) groups excluding carboxylic acids is 1. The van der Waals surface area contributed by atoms with Crippen LogP contribution in [-0.4, -0.2) is 17.6 Å². The van der Waals surface area contributed by atoms with Gasteiger partial charge in [0.15, 0.2) is 0 Å². The molecular weight excluding hydrogens is 293 g/mol. The van der Waals surface area contributed by atoms with Gasteiger partial charge in [-0.3, -0.25) is 4.79 Å². The second-order valence-corrected chi connectivity index (χ2v) is 5.02. The van der Waals surface area contributed by atoms with Crippen LogP contribution in [-0.2, 0) is 13.0 Å². The third-order valence-electron chi connectivity index (χ3n) is 3.09. The van der Waals surface area contributed by atoms with Crippen molar-refractivity contribution in [3.05, 3.63) is 70.0 Å². The molecule has 0 spiro atoms. The summed E-state index contributed by atoms with van der Waals surface area (Å²) in [7, 11) is 0. The van der Waals surface area contributed by atoms with Gasteiger partial charge in [-0.15, -0.1) is 0 Å². The first-order chi connectivity index (χ1) is 10.1. The minimum atomic E-state index is -0.607. The van der Waals surface area contributed by atoms with Crippen LogP contribution >= 0.6 is 11.6 Å². The highest BCUT2D eigenvalue weighted by Gasteiger charge is 2.08. The van der Waals surface area contributed by atoms with Crippen LogP contribution < -0.4 is 5.32 Å². The Balaban J connectivity index is 1.87. The van der Waals surface area contributed by atoms with Crippen LogP contribution in [0.5, 0.6) is 0 Å². The van der Waals surface area contributed by atoms with Gasteiger partial charge in [0.1, 0.15) is 5.82 Å². The number of nitrogens with one attached hydrogen (secondary N) is 1. The molecule has 2 aromatic carbocycles. The number of halogens is 2. The Labute approximate surface area is 127 Å². The molecular formula is C16H15ClFNO2. The van der Waals surface area contributed by atoms with Crippen molar-refractivity contribution in [2.75, 3.05) is 6.54 Å². The maximum absolute atomic E-state index is 13.3. The number of aliphatic hydroxyl groups excluding tert-OH is 1. The number of benzene rings is 2. The molecule has 0 aliphatic rings. The van der Waals surface area contributed by atoms with Crippen LogP contribution in [0, 0.1) is 5.82 Å². The van der Waals surface area contributed by atoms with E-state index >= 15 is 0 Å². The van der Waals surface area contributed by atoms with Gasteiger partial charge in [0.05, 0.1) is 11.6 Å². The maximum Gasteiger partial charge on any atom is 0.251 e. The number of aliphatic hydroxyl groups is 1. The van der Waals surface area contributed by atoms with Crippen molar-refractivity contribution in [3.8, 4) is 0 Å². The average Bonchev–Trinajstić information content (AvgIpc) is 2.50. The number of hydrogen-bond donors (Lipinski definition) is 2. The summed E-state index contributed by atoms with van der Waals surface area (Å²) in [6.07, 6.45) is 0.660. The number of rotatable bonds is 5. The third-order valence-corrected chi connectivity index (χ3v) is 3.39. The van der Waals surface area contributed by atoms with Gasteiger partial charge in [0.2, 0.25) is 0 Å². The van der Waals surface area contributed by atoms with E-state index < -0.39 is 5.82 Å². The highest BCUT2D eigenvalue weighted by molar-refractivity contribution is 6.30. The molecule has 2 N–H and O–H groups in total. The average molecular weight is 308 g/mol. The zero-order chi connectivity index (χ0) is 15.2. The van der Waals surface area contributed by atoms with Crippen LogP contribution in [0.25, 0.3) is 0 Å². The van der Waals surface area contributed by atoms with Gasteiger partial charge in [0, 0.05) is 12.1 Å². The van der Waals surface area contributed by atoms with Gasteiger partial charge in [-0.2, -0.15) is 0 Å². The van der Waals surface area contributed by atoms with Crippen molar-refractivity contribution in [3.63, 3.8) is 0 Å². The van der Waals surface area contributed by atoms with Gasteiger partial charge in [-0.25, -0.2) is 4.39 Å². The van der Waals surface area contributed by atoms with Crippen LogP contribution in [0.4, 0.5) is 4.39 Å². The lowest BCUT2D eigenvalue weighted by Gasteiger charge is -2.06. The molecule has 1 amide bonds. The second kappa shape index (κ2) is 7.20. The van der Waals surface area contributed by atoms with E-state index in [1.807, 2.05) is 24.3 Å². The highest BCUT2D eigenvalue weighted by atomic mass is 35.5. The first-order valence-corrected chi connectivity index (χ1v) is 6.90. The van der Waals surface area contributed by atoms with Crippen LogP contribution in [0.1, 0.15) is 21.5 Å². The van der Waals surface area contributed by atoms with E-state index in [0.717, 1.165) is 17.2 Å². The predicted molar refractivity (Wildman–Crippen MR) is 79.8 cm³/mol. The Bertz CT molecular complexity index is 629. The molecule has 2 rings (SSSR count). The quantitative estimate of drug-likeness (QED) is 0.892. The molecule has 21 heavy (non-hydrogen) atoms. The summed E-state index contributed by atoms with van der Waals surface area (Å²) < 4.78 is 13.3. The fourth-order valence-electron chi connectivity index (χ4n) is 1.87. The summed E-state index contributed by atoms with van der Waals surface area (Å²) in [6, 6.07) is 11.4. The summed E-state index contributed by atoms with van der Waals surface area (Å²) in [5.41, 5.74) is 2.14. The minimum absolute atomic E-state index is 0.00415. The van der Waals surface area contributed by atoms with Crippen molar-refractivity contribution >= 4 is 17.5 Å².